The minimum absolute atomic E-state index is 0.111. The van der Waals surface area contributed by atoms with Crippen LogP contribution in [0.15, 0.2) is 24.3 Å². The zero-order valence-corrected chi connectivity index (χ0v) is 11.5. The van der Waals surface area contributed by atoms with Crippen molar-refractivity contribution in [2.24, 2.45) is 0 Å². The molecule has 1 atom stereocenters. The van der Waals surface area contributed by atoms with Gasteiger partial charge < -0.3 is 5.32 Å². The number of hydrogen-bond donors (Lipinski definition) is 1. The van der Waals surface area contributed by atoms with E-state index in [4.69, 9.17) is 0 Å². The molecule has 1 aromatic rings. The number of nitrogens with one attached hydrogen (secondary N) is 1. The summed E-state index contributed by atoms with van der Waals surface area (Å²) in [5.41, 5.74) is -1.03. The van der Waals surface area contributed by atoms with Gasteiger partial charge in [0.15, 0.2) is 0 Å². The van der Waals surface area contributed by atoms with Crippen molar-refractivity contribution in [3.63, 3.8) is 0 Å². The summed E-state index contributed by atoms with van der Waals surface area (Å²) in [5, 5.41) is 13.1. The normalized spacial score (nSPS) is 21.3. The van der Waals surface area contributed by atoms with Crippen molar-refractivity contribution in [1.82, 2.24) is 10.2 Å². The summed E-state index contributed by atoms with van der Waals surface area (Å²) < 4.78 is 0. The number of rotatable bonds is 4. The Hall–Kier alpha value is -2.77. The van der Waals surface area contributed by atoms with E-state index in [1.807, 2.05) is 0 Å². The van der Waals surface area contributed by atoms with Gasteiger partial charge in [-0.1, -0.05) is 0 Å². The first-order chi connectivity index (χ1) is 9.75. The van der Waals surface area contributed by atoms with Crippen LogP contribution in [0.1, 0.15) is 19.4 Å². The third-order valence-corrected chi connectivity index (χ3v) is 3.31. The van der Waals surface area contributed by atoms with Crippen molar-refractivity contribution in [3.05, 3.63) is 39.9 Å². The maximum atomic E-state index is 12.3. The van der Waals surface area contributed by atoms with Gasteiger partial charge in [0.25, 0.3) is 11.6 Å². The number of nitro groups is 1. The number of non-ortho nitro benzene ring substituents is 1. The molecule has 21 heavy (non-hydrogen) atoms. The van der Waals surface area contributed by atoms with Crippen LogP contribution in [-0.4, -0.2) is 34.1 Å². The summed E-state index contributed by atoms with van der Waals surface area (Å²) in [5.74, 6) is -0.872. The molecule has 1 heterocycles. The van der Waals surface area contributed by atoms with Gasteiger partial charge in [-0.05, 0) is 31.5 Å². The van der Waals surface area contributed by atoms with E-state index < -0.39 is 22.4 Å². The summed E-state index contributed by atoms with van der Waals surface area (Å²) in [6, 6.07) is 4.68. The summed E-state index contributed by atoms with van der Waals surface area (Å²) in [4.78, 5) is 46.2. The van der Waals surface area contributed by atoms with Crippen LogP contribution in [0.5, 0.6) is 0 Å². The lowest BCUT2D eigenvalue weighted by Gasteiger charge is -2.21. The molecule has 0 unspecified atom stereocenters. The smallest absolute Gasteiger partial charge is 0.319 e. The Bertz CT molecular complexity index is 640. The number of benzene rings is 1. The van der Waals surface area contributed by atoms with E-state index in [1.165, 1.54) is 38.1 Å². The predicted octanol–water partition coefficient (Wildman–Crippen LogP) is 0.951. The molecule has 110 valence electrons. The van der Waals surface area contributed by atoms with Crippen LogP contribution in [0.4, 0.5) is 10.5 Å². The third-order valence-electron chi connectivity index (χ3n) is 3.31. The molecule has 0 aromatic heterocycles. The number of hydrogen-bond acceptors (Lipinski definition) is 5. The molecule has 1 saturated heterocycles. The maximum absolute atomic E-state index is 12.3. The van der Waals surface area contributed by atoms with Crippen molar-refractivity contribution >= 4 is 23.4 Å². The summed E-state index contributed by atoms with van der Waals surface area (Å²) in [6.07, 6.45) is 0. The van der Waals surface area contributed by atoms with Crippen LogP contribution >= 0.6 is 0 Å². The lowest BCUT2D eigenvalue weighted by Crippen LogP contribution is -2.41. The third kappa shape index (κ3) is 2.47. The highest BCUT2D eigenvalue weighted by Gasteiger charge is 2.49. The monoisotopic (exact) mass is 291 g/mol. The molecule has 0 radical (unpaired) electrons. The molecule has 3 amide bonds. The van der Waals surface area contributed by atoms with Crippen LogP contribution in [0.3, 0.4) is 0 Å². The van der Waals surface area contributed by atoms with Gasteiger partial charge in [0, 0.05) is 12.1 Å². The highest BCUT2D eigenvalue weighted by molar-refractivity contribution is 6.09. The first-order valence-electron chi connectivity index (χ1n) is 6.14. The summed E-state index contributed by atoms with van der Waals surface area (Å²) in [7, 11) is 0. The van der Waals surface area contributed by atoms with E-state index in [-0.39, 0.29) is 18.0 Å². The summed E-state index contributed by atoms with van der Waals surface area (Å²) >= 11 is 0. The molecule has 1 N–H and O–H groups in total. The second kappa shape index (κ2) is 4.97. The Kier molecular flexibility index (Phi) is 3.46. The van der Waals surface area contributed by atoms with Gasteiger partial charge in [0.2, 0.25) is 0 Å². The number of ketones is 1. The van der Waals surface area contributed by atoms with E-state index >= 15 is 0 Å². The average Bonchev–Trinajstić information content (AvgIpc) is 2.63. The van der Waals surface area contributed by atoms with Gasteiger partial charge in [-0.15, -0.1) is 0 Å². The highest BCUT2D eigenvalue weighted by atomic mass is 16.6. The molecule has 8 heteroatoms. The number of amides is 3. The van der Waals surface area contributed by atoms with Gasteiger partial charge in [0.05, 0.1) is 11.5 Å². The lowest BCUT2D eigenvalue weighted by molar-refractivity contribution is -0.384. The highest BCUT2D eigenvalue weighted by Crippen LogP contribution is 2.29. The second-order valence-corrected chi connectivity index (χ2v) is 4.95. The van der Waals surface area contributed by atoms with Crippen LogP contribution in [-0.2, 0) is 15.1 Å². The van der Waals surface area contributed by atoms with Crippen molar-refractivity contribution in [1.29, 1.82) is 0 Å². The van der Waals surface area contributed by atoms with Crippen LogP contribution in [0.2, 0.25) is 0 Å². The van der Waals surface area contributed by atoms with Gasteiger partial charge in [-0.3, -0.25) is 24.6 Å². The standard InChI is InChI=1S/C13H13N3O5/c1-8(17)7-15-11(18)13(2,14-12(15)19)9-3-5-10(6-4-9)16(20)21/h3-6H,7H2,1-2H3,(H,14,19)/t13-/m1/s1. The fourth-order valence-corrected chi connectivity index (χ4v) is 2.18. The van der Waals surface area contributed by atoms with Crippen LogP contribution in [0.25, 0.3) is 0 Å². The number of nitro benzene ring substituents is 1. The van der Waals surface area contributed by atoms with E-state index in [2.05, 4.69) is 5.32 Å². The fraction of sp³-hybridized carbons (Fsp3) is 0.308. The Morgan fingerprint density at radius 3 is 2.38 bits per heavy atom. The number of imide groups is 1. The number of carbonyl (C=O) groups excluding carboxylic acids is 3. The van der Waals surface area contributed by atoms with Gasteiger partial charge >= 0.3 is 6.03 Å². The Morgan fingerprint density at radius 1 is 1.33 bits per heavy atom. The zero-order chi connectivity index (χ0) is 15.8. The molecule has 1 aliphatic heterocycles. The number of carbonyl (C=O) groups is 3. The lowest BCUT2D eigenvalue weighted by atomic mass is 9.92. The van der Waals surface area contributed by atoms with E-state index in [1.54, 1.807) is 0 Å². The fourth-order valence-electron chi connectivity index (χ4n) is 2.18. The SMILES string of the molecule is CC(=O)CN1C(=O)N[C@](C)(c2ccc([N+](=O)[O-])cc2)C1=O. The molecule has 2 rings (SSSR count). The number of nitrogens with zero attached hydrogens (tertiary/aromatic N) is 2. The summed E-state index contributed by atoms with van der Waals surface area (Å²) in [6.45, 7) is 2.48. The molecule has 0 spiro atoms. The molecule has 1 fully saturated rings. The second-order valence-electron chi connectivity index (χ2n) is 4.95. The Morgan fingerprint density at radius 2 is 1.90 bits per heavy atom. The van der Waals surface area contributed by atoms with Crippen LogP contribution < -0.4 is 5.32 Å². The molecule has 1 aromatic carbocycles. The molecular weight excluding hydrogens is 278 g/mol. The van der Waals surface area contributed by atoms with Gasteiger partial charge in [-0.2, -0.15) is 0 Å². The van der Waals surface area contributed by atoms with E-state index in [0.717, 1.165) is 4.90 Å². The number of urea groups is 1. The average molecular weight is 291 g/mol. The molecule has 8 nitrogen and oxygen atoms in total. The predicted molar refractivity (Wildman–Crippen MR) is 71.4 cm³/mol. The van der Waals surface area contributed by atoms with E-state index in [9.17, 15) is 24.5 Å². The zero-order valence-electron chi connectivity index (χ0n) is 11.5. The molecular formula is C13H13N3O5. The molecule has 0 aliphatic carbocycles. The van der Waals surface area contributed by atoms with Crippen molar-refractivity contribution in [2.45, 2.75) is 19.4 Å². The minimum Gasteiger partial charge on any atom is -0.319 e. The molecule has 1 aliphatic rings. The number of Topliss-reactive ketones (excluding diaryl/α,β-unsaturated/α-hetero) is 1. The van der Waals surface area contributed by atoms with Crippen molar-refractivity contribution in [3.8, 4) is 0 Å². The Balaban J connectivity index is 2.34. The first-order valence-corrected chi connectivity index (χ1v) is 6.14. The molecule has 0 bridgehead atoms. The van der Waals surface area contributed by atoms with Crippen LogP contribution in [0, 0.1) is 10.1 Å². The van der Waals surface area contributed by atoms with Gasteiger partial charge in [0.1, 0.15) is 11.3 Å². The topological polar surface area (TPSA) is 110 Å². The maximum Gasteiger partial charge on any atom is 0.325 e. The Labute approximate surface area is 119 Å². The van der Waals surface area contributed by atoms with Crippen molar-refractivity contribution < 1.29 is 19.3 Å². The van der Waals surface area contributed by atoms with E-state index in [0.29, 0.717) is 5.56 Å². The van der Waals surface area contributed by atoms with Crippen molar-refractivity contribution in [2.75, 3.05) is 6.54 Å². The minimum atomic E-state index is -1.33. The first kappa shape index (κ1) is 14.6. The van der Waals surface area contributed by atoms with Gasteiger partial charge in [-0.25, -0.2) is 4.79 Å². The quantitative estimate of drug-likeness (QED) is 0.504. The largest absolute Gasteiger partial charge is 0.325 e. The molecule has 0 saturated carbocycles.